The molecule has 0 radical (unpaired) electrons. The normalized spacial score (nSPS) is 9.83. The second kappa shape index (κ2) is 14.5. The number of hydrogen-bond donors (Lipinski definition) is 1. The van der Waals surface area contributed by atoms with Crippen LogP contribution in [0.1, 0.15) is 21.5 Å². The van der Waals surface area contributed by atoms with E-state index in [1.165, 1.54) is 21.9 Å². The lowest BCUT2D eigenvalue weighted by atomic mass is 10.1. The number of benzene rings is 1. The fourth-order valence-electron chi connectivity index (χ4n) is 3.36. The zero-order valence-corrected chi connectivity index (χ0v) is 19.6. The van der Waals surface area contributed by atoms with Crippen molar-refractivity contribution in [2.45, 2.75) is 0 Å². The molecule has 1 amide bonds. The van der Waals surface area contributed by atoms with E-state index in [1.54, 1.807) is 24.3 Å². The number of primary amides is 1. The molecule has 0 aromatic heterocycles. The predicted molar refractivity (Wildman–Crippen MR) is 150 cm³/mol. The first-order valence-electron chi connectivity index (χ1n) is 11.5. The van der Waals surface area contributed by atoms with Crippen molar-refractivity contribution in [3.05, 3.63) is 168 Å². The number of hydrogen-bond acceptors (Lipinski definition) is 1. The molecule has 0 saturated heterocycles. The van der Waals surface area contributed by atoms with Crippen molar-refractivity contribution in [2.24, 2.45) is 5.73 Å². The summed E-state index contributed by atoms with van der Waals surface area (Å²) in [6.45, 7) is 0. The molecule has 2 N–H and O–H groups in total. The first kappa shape index (κ1) is 24.9. The average Bonchev–Trinajstić information content (AvgIpc) is 3.27. The van der Waals surface area contributed by atoms with Crippen LogP contribution in [-0.4, -0.2) is 5.91 Å². The average molecular weight is 456 g/mol. The second-order valence-corrected chi connectivity index (χ2v) is 7.55. The molecule has 0 fully saturated rings. The van der Waals surface area contributed by atoms with Gasteiger partial charge >= 0.3 is 0 Å². The minimum Gasteiger partial charge on any atom is -0.366 e. The third-order valence-electron chi connectivity index (χ3n) is 5.03. The largest absolute Gasteiger partial charge is 0.366 e. The van der Waals surface area contributed by atoms with E-state index in [0.29, 0.717) is 5.56 Å². The lowest BCUT2D eigenvalue weighted by molar-refractivity contribution is 0.100. The minimum absolute atomic E-state index is 0.430. The van der Waals surface area contributed by atoms with E-state index in [0.717, 1.165) is 0 Å². The van der Waals surface area contributed by atoms with Crippen molar-refractivity contribution in [3.8, 4) is 0 Å². The number of carbonyl (C=O) groups is 1. The van der Waals surface area contributed by atoms with Crippen LogP contribution in [0.4, 0.5) is 0 Å². The first-order valence-corrected chi connectivity index (χ1v) is 11.5. The Morgan fingerprint density at radius 3 is 1.23 bits per heavy atom. The van der Waals surface area contributed by atoms with Gasteiger partial charge in [0.1, 0.15) is 0 Å². The summed E-state index contributed by atoms with van der Waals surface area (Å²) >= 11 is 0. The molecule has 2 aromatic rings. The summed E-state index contributed by atoms with van der Waals surface area (Å²) in [4.78, 5) is 11.6. The van der Waals surface area contributed by atoms with Gasteiger partial charge in [-0.25, -0.2) is 0 Å². The van der Waals surface area contributed by atoms with E-state index >= 15 is 0 Å². The quantitative estimate of drug-likeness (QED) is 0.396. The molecule has 0 saturated carbocycles. The van der Waals surface area contributed by atoms with Gasteiger partial charge in [-0.1, -0.05) is 152 Å². The van der Waals surface area contributed by atoms with Crippen LogP contribution in [0.15, 0.2) is 152 Å². The van der Waals surface area contributed by atoms with Crippen molar-refractivity contribution in [2.75, 3.05) is 0 Å². The molecule has 0 unspecified atom stereocenters. The van der Waals surface area contributed by atoms with Crippen LogP contribution in [-0.2, 0) is 0 Å². The Bertz CT molecular complexity index is 1390. The van der Waals surface area contributed by atoms with Gasteiger partial charge in [0.25, 0.3) is 0 Å². The van der Waals surface area contributed by atoms with Gasteiger partial charge in [-0.3, -0.25) is 4.79 Å². The maximum atomic E-state index is 11.6. The third-order valence-corrected chi connectivity index (χ3v) is 5.03. The molecular formula is C33H29NO. The highest BCUT2D eigenvalue weighted by molar-refractivity contribution is 6.03. The summed E-state index contributed by atoms with van der Waals surface area (Å²) in [5, 5.41) is 2.44. The maximum absolute atomic E-state index is 11.6. The number of amides is 1. The smallest absolute Gasteiger partial charge is 0.248 e. The second-order valence-electron chi connectivity index (χ2n) is 7.55. The van der Waals surface area contributed by atoms with Crippen LogP contribution >= 0.6 is 0 Å². The highest BCUT2D eigenvalue weighted by atomic mass is 16.1. The molecule has 0 atom stereocenters. The van der Waals surface area contributed by atoms with E-state index in [2.05, 4.69) is 42.5 Å². The van der Waals surface area contributed by atoms with Gasteiger partial charge in [-0.05, 0) is 34.0 Å². The SMILES string of the molecule is NC(=O)c1cccccccccccc2c3c(cccc3ccccccccccc1)C=C2. The molecule has 0 bridgehead atoms. The lowest BCUT2D eigenvalue weighted by Crippen LogP contribution is -2.09. The maximum Gasteiger partial charge on any atom is 0.248 e. The molecule has 3 rings (SSSR count). The van der Waals surface area contributed by atoms with Crippen molar-refractivity contribution < 1.29 is 4.79 Å². The van der Waals surface area contributed by atoms with Crippen LogP contribution in [0.25, 0.3) is 22.9 Å². The molecule has 35 heavy (non-hydrogen) atoms. The standard InChI is InChI=1S/C33H29NO/c34-33(35)31-22-17-13-9-5-1-3-7-11-15-20-28-24-19-25-30-27-26-29(32(28)30)21-16-12-8-4-2-6-10-14-18-23-31/h1-27H,(H2,34,35). The fourth-order valence-corrected chi connectivity index (χ4v) is 3.36. The molecule has 0 heterocycles. The van der Waals surface area contributed by atoms with E-state index in [1.807, 2.05) is 97.1 Å². The van der Waals surface area contributed by atoms with Crippen LogP contribution in [0.5, 0.6) is 0 Å². The Balaban J connectivity index is 2.05. The van der Waals surface area contributed by atoms with Gasteiger partial charge in [0.2, 0.25) is 5.91 Å². The minimum atomic E-state index is -0.471. The van der Waals surface area contributed by atoms with Gasteiger partial charge in [0.15, 0.2) is 0 Å². The highest BCUT2D eigenvalue weighted by Crippen LogP contribution is 2.28. The van der Waals surface area contributed by atoms with Gasteiger partial charge in [-0.2, -0.15) is 0 Å². The Labute approximate surface area is 207 Å². The topological polar surface area (TPSA) is 43.1 Å². The zero-order valence-electron chi connectivity index (χ0n) is 19.6. The van der Waals surface area contributed by atoms with E-state index in [-0.39, 0.29) is 0 Å². The number of nitrogens with two attached hydrogens (primary N) is 1. The Hall–Kier alpha value is -4.69. The summed E-state index contributed by atoms with van der Waals surface area (Å²) < 4.78 is 0. The van der Waals surface area contributed by atoms with Gasteiger partial charge in [0, 0.05) is 5.56 Å². The van der Waals surface area contributed by atoms with Crippen LogP contribution in [0, 0.1) is 0 Å². The summed E-state index contributed by atoms with van der Waals surface area (Å²) in [5.41, 5.74) is 8.31. The molecule has 1 aliphatic rings. The molecule has 0 spiro atoms. The summed E-state index contributed by atoms with van der Waals surface area (Å²) in [6, 6.07) is 48.8. The van der Waals surface area contributed by atoms with Crippen molar-refractivity contribution in [1.82, 2.24) is 0 Å². The van der Waals surface area contributed by atoms with Crippen LogP contribution in [0.2, 0.25) is 0 Å². The van der Waals surface area contributed by atoms with Gasteiger partial charge < -0.3 is 5.73 Å². The van der Waals surface area contributed by atoms with Crippen LogP contribution in [0.3, 0.4) is 0 Å². The fraction of sp³-hybridized carbons (Fsp3) is 0. The van der Waals surface area contributed by atoms with Gasteiger partial charge in [-0.15, -0.1) is 0 Å². The lowest BCUT2D eigenvalue weighted by Gasteiger charge is -1.97. The Kier molecular flexibility index (Phi) is 10.3. The van der Waals surface area contributed by atoms with Crippen molar-refractivity contribution in [3.63, 3.8) is 0 Å². The summed E-state index contributed by atoms with van der Waals surface area (Å²) in [7, 11) is 0. The van der Waals surface area contributed by atoms with E-state index in [4.69, 9.17) is 5.73 Å². The van der Waals surface area contributed by atoms with Crippen molar-refractivity contribution >= 4 is 28.8 Å². The Morgan fingerprint density at radius 2 is 0.771 bits per heavy atom. The predicted octanol–water partition coefficient (Wildman–Crippen LogP) is 8.04. The molecule has 172 valence electrons. The first-order chi connectivity index (χ1) is 17.3. The zero-order chi connectivity index (χ0) is 24.6. The van der Waals surface area contributed by atoms with Gasteiger partial charge in [0.05, 0.1) is 0 Å². The third kappa shape index (κ3) is 8.64. The highest BCUT2D eigenvalue weighted by Gasteiger charge is 2.04. The molecular weight excluding hydrogens is 426 g/mol. The molecule has 2 aromatic carbocycles. The van der Waals surface area contributed by atoms with Crippen molar-refractivity contribution in [1.29, 1.82) is 0 Å². The molecule has 1 aliphatic carbocycles. The Morgan fingerprint density at radius 1 is 0.429 bits per heavy atom. The summed E-state index contributed by atoms with van der Waals surface area (Å²) in [5.74, 6) is -0.471. The molecule has 0 aliphatic heterocycles. The van der Waals surface area contributed by atoms with E-state index < -0.39 is 5.91 Å². The number of rotatable bonds is 1. The number of carbonyl (C=O) groups excluding carboxylic acids is 1. The monoisotopic (exact) mass is 455 g/mol. The molecule has 2 nitrogen and oxygen atoms in total. The van der Waals surface area contributed by atoms with Crippen LogP contribution < -0.4 is 5.73 Å². The van der Waals surface area contributed by atoms with E-state index in [9.17, 15) is 4.79 Å². The summed E-state index contributed by atoms with van der Waals surface area (Å²) in [6.07, 6.45) is 4.31. The molecule has 2 heteroatoms.